The first-order valence-corrected chi connectivity index (χ1v) is 9.02. The maximum atomic E-state index is 9.76. The van der Waals surface area contributed by atoms with E-state index in [4.69, 9.17) is 0 Å². The molecule has 0 saturated heterocycles. The quantitative estimate of drug-likeness (QED) is 0.835. The zero-order chi connectivity index (χ0) is 16.0. The molecule has 0 amide bonds. The summed E-state index contributed by atoms with van der Waals surface area (Å²) in [7, 11) is 0. The Morgan fingerprint density at radius 1 is 0.750 bits per heavy atom. The van der Waals surface area contributed by atoms with Gasteiger partial charge in [0.15, 0.2) is 0 Å². The van der Waals surface area contributed by atoms with Crippen LogP contribution < -0.4 is 0 Å². The van der Waals surface area contributed by atoms with Crippen molar-refractivity contribution in [1.82, 2.24) is 10.2 Å². The van der Waals surface area contributed by atoms with Crippen LogP contribution in [-0.2, 0) is 13.2 Å². The predicted octanol–water partition coefficient (Wildman–Crippen LogP) is 2.56. The second kappa shape index (κ2) is 4.44. The van der Waals surface area contributed by atoms with E-state index < -0.39 is 0 Å². The number of aliphatic hydroxyl groups is 2. The molecule has 2 fully saturated rings. The highest BCUT2D eigenvalue weighted by Gasteiger charge is 2.64. The maximum absolute atomic E-state index is 9.76. The van der Waals surface area contributed by atoms with Crippen molar-refractivity contribution in [3.63, 3.8) is 0 Å². The van der Waals surface area contributed by atoms with Crippen LogP contribution in [0.25, 0.3) is 0 Å². The van der Waals surface area contributed by atoms with E-state index in [9.17, 15) is 10.2 Å². The van der Waals surface area contributed by atoms with Crippen LogP contribution in [0, 0.1) is 11.8 Å². The van der Waals surface area contributed by atoms with E-state index >= 15 is 0 Å². The van der Waals surface area contributed by atoms with Gasteiger partial charge in [0.1, 0.15) is 0 Å². The van der Waals surface area contributed by atoms with Gasteiger partial charge < -0.3 is 10.2 Å². The highest BCUT2D eigenvalue weighted by molar-refractivity contribution is 5.54. The number of fused-ring (bicyclic) bond motifs is 15. The summed E-state index contributed by atoms with van der Waals surface area (Å²) in [6.07, 6.45) is 2.43. The molecule has 1 aromatic heterocycles. The van der Waals surface area contributed by atoms with Crippen LogP contribution in [-0.4, -0.2) is 20.4 Å². The van der Waals surface area contributed by atoms with Crippen molar-refractivity contribution < 1.29 is 10.2 Å². The summed E-state index contributed by atoms with van der Waals surface area (Å²) >= 11 is 0. The van der Waals surface area contributed by atoms with Crippen molar-refractivity contribution >= 4 is 0 Å². The van der Waals surface area contributed by atoms with Gasteiger partial charge in [-0.05, 0) is 70.6 Å². The molecular formula is C20H20N2O2. The number of rotatable bonds is 2. The van der Waals surface area contributed by atoms with Crippen LogP contribution in [0.15, 0.2) is 24.3 Å². The second-order valence-electron chi connectivity index (χ2n) is 7.92. The third-order valence-electron chi connectivity index (χ3n) is 7.36. The Labute approximate surface area is 140 Å². The summed E-state index contributed by atoms with van der Waals surface area (Å²) < 4.78 is 0. The lowest BCUT2D eigenvalue weighted by molar-refractivity contribution is 0.254. The zero-order valence-electron chi connectivity index (χ0n) is 13.4. The zero-order valence-corrected chi connectivity index (χ0v) is 13.4. The normalized spacial score (nSPS) is 36.8. The Kier molecular flexibility index (Phi) is 2.50. The molecule has 0 radical (unpaired) electrons. The van der Waals surface area contributed by atoms with Crippen LogP contribution in [0.5, 0.6) is 0 Å². The summed E-state index contributed by atoms with van der Waals surface area (Å²) in [6, 6.07) is 8.98. The molecule has 4 nitrogen and oxygen atoms in total. The average Bonchev–Trinajstić information content (AvgIpc) is 3.37. The van der Waals surface area contributed by atoms with Gasteiger partial charge in [0, 0.05) is 0 Å². The minimum atomic E-state index is -0.0493. The molecule has 122 valence electrons. The van der Waals surface area contributed by atoms with E-state index in [1.165, 1.54) is 17.5 Å². The summed E-state index contributed by atoms with van der Waals surface area (Å²) in [5.74, 6) is 3.67. The van der Waals surface area contributed by atoms with Crippen LogP contribution in [0.1, 0.15) is 70.2 Å². The van der Waals surface area contributed by atoms with Gasteiger partial charge in [0.25, 0.3) is 0 Å². The standard InChI is InChI=1S/C20H20N2O2/c23-7-15-19-13-6-14(20(19)16(8-24)22-21-15)18-12-5-11(17(13)18)9-3-1-2-4-10(9)12/h1-4,11-14,17-18,23-24H,5-8H2/t11-,12+,13-,14+,17-,18+. The smallest absolute Gasteiger partial charge is 0.0923 e. The van der Waals surface area contributed by atoms with Gasteiger partial charge in [-0.1, -0.05) is 24.3 Å². The first-order valence-electron chi connectivity index (χ1n) is 9.02. The van der Waals surface area contributed by atoms with E-state index in [0.29, 0.717) is 35.5 Å². The van der Waals surface area contributed by atoms with Crippen molar-refractivity contribution in [1.29, 1.82) is 0 Å². The van der Waals surface area contributed by atoms with Gasteiger partial charge in [-0.25, -0.2) is 0 Å². The lowest BCUT2D eigenvalue weighted by Gasteiger charge is -2.37. The van der Waals surface area contributed by atoms with Gasteiger partial charge in [0.05, 0.1) is 24.6 Å². The van der Waals surface area contributed by atoms with Crippen LogP contribution >= 0.6 is 0 Å². The highest BCUT2D eigenvalue weighted by Crippen LogP contribution is 2.75. The van der Waals surface area contributed by atoms with E-state index in [0.717, 1.165) is 17.8 Å². The molecule has 6 rings (SSSR count). The Bertz CT molecular complexity index is 797. The van der Waals surface area contributed by atoms with Crippen LogP contribution in [0.3, 0.4) is 0 Å². The van der Waals surface area contributed by atoms with Gasteiger partial charge >= 0.3 is 0 Å². The summed E-state index contributed by atoms with van der Waals surface area (Å²) in [5.41, 5.74) is 7.06. The highest BCUT2D eigenvalue weighted by atomic mass is 16.3. The number of aliphatic hydroxyl groups excluding tert-OH is 2. The molecule has 4 heteroatoms. The molecule has 0 spiro atoms. The van der Waals surface area contributed by atoms with Crippen molar-refractivity contribution in [2.75, 3.05) is 0 Å². The molecule has 4 bridgehead atoms. The van der Waals surface area contributed by atoms with E-state index in [-0.39, 0.29) is 13.2 Å². The SMILES string of the molecule is OCc1nnc(CO)c2c1[C@H]1C[C@@H]2[C@@H]2[C@H]1[C@H]1C[C@@H]2c2ccccc21. The Balaban J connectivity index is 1.55. The van der Waals surface area contributed by atoms with Crippen molar-refractivity contribution in [2.45, 2.75) is 49.7 Å². The summed E-state index contributed by atoms with van der Waals surface area (Å²) in [4.78, 5) is 0. The number of hydrogen-bond donors (Lipinski definition) is 2. The average molecular weight is 320 g/mol. The predicted molar refractivity (Wildman–Crippen MR) is 87.5 cm³/mol. The largest absolute Gasteiger partial charge is 0.390 e. The first kappa shape index (κ1) is 13.5. The number of nitrogens with zero attached hydrogens (tertiary/aromatic N) is 2. The minimum absolute atomic E-state index is 0.0493. The van der Waals surface area contributed by atoms with Crippen molar-refractivity contribution in [3.8, 4) is 0 Å². The Morgan fingerprint density at radius 2 is 1.21 bits per heavy atom. The molecule has 0 aliphatic heterocycles. The van der Waals surface area contributed by atoms with Crippen molar-refractivity contribution in [3.05, 3.63) is 57.9 Å². The minimum Gasteiger partial charge on any atom is -0.390 e. The molecule has 4 aliphatic rings. The Hall–Kier alpha value is -1.78. The number of aromatic nitrogens is 2. The van der Waals surface area contributed by atoms with E-state index in [1.54, 1.807) is 11.1 Å². The van der Waals surface area contributed by atoms with Crippen molar-refractivity contribution in [2.24, 2.45) is 11.8 Å². The molecule has 4 aliphatic carbocycles. The number of hydrogen-bond acceptors (Lipinski definition) is 4. The molecule has 0 unspecified atom stereocenters. The topological polar surface area (TPSA) is 66.2 Å². The molecule has 2 saturated carbocycles. The lowest BCUT2D eigenvalue weighted by atomic mass is 9.67. The molecule has 2 N–H and O–H groups in total. The lowest BCUT2D eigenvalue weighted by Crippen LogP contribution is -2.29. The Morgan fingerprint density at radius 3 is 1.67 bits per heavy atom. The van der Waals surface area contributed by atoms with Gasteiger partial charge in [-0.2, -0.15) is 10.2 Å². The molecule has 6 atom stereocenters. The molecule has 2 aromatic rings. The first-order chi connectivity index (χ1) is 11.8. The third kappa shape index (κ3) is 1.36. The third-order valence-corrected chi connectivity index (χ3v) is 7.36. The van der Waals surface area contributed by atoms with E-state index in [1.807, 2.05) is 0 Å². The molecular weight excluding hydrogens is 300 g/mol. The van der Waals surface area contributed by atoms with Crippen LogP contribution in [0.4, 0.5) is 0 Å². The van der Waals surface area contributed by atoms with Gasteiger partial charge in [-0.15, -0.1) is 0 Å². The van der Waals surface area contributed by atoms with Gasteiger partial charge in [0.2, 0.25) is 0 Å². The summed E-state index contributed by atoms with van der Waals surface area (Å²) in [5, 5.41) is 28.0. The fourth-order valence-electron chi connectivity index (χ4n) is 6.89. The van der Waals surface area contributed by atoms with Gasteiger partial charge in [-0.3, -0.25) is 0 Å². The second-order valence-corrected chi connectivity index (χ2v) is 7.92. The maximum Gasteiger partial charge on any atom is 0.0923 e. The molecule has 24 heavy (non-hydrogen) atoms. The number of benzene rings is 1. The monoisotopic (exact) mass is 320 g/mol. The van der Waals surface area contributed by atoms with Crippen LogP contribution in [0.2, 0.25) is 0 Å². The molecule has 1 aromatic carbocycles. The fraction of sp³-hybridized carbons (Fsp3) is 0.500. The fourth-order valence-corrected chi connectivity index (χ4v) is 6.89. The summed E-state index contributed by atoms with van der Waals surface area (Å²) in [6.45, 7) is -0.0986. The molecule has 1 heterocycles. The van der Waals surface area contributed by atoms with E-state index in [2.05, 4.69) is 34.5 Å².